The van der Waals surface area contributed by atoms with Crippen LogP contribution in [-0.4, -0.2) is 43.6 Å². The molecule has 0 aliphatic heterocycles. The van der Waals surface area contributed by atoms with Gasteiger partial charge in [0, 0.05) is 25.6 Å². The van der Waals surface area contributed by atoms with Crippen molar-refractivity contribution >= 4 is 27.5 Å². The fraction of sp³-hybridized carbons (Fsp3) is 0.462. The predicted molar refractivity (Wildman–Crippen MR) is 76.7 cm³/mol. The van der Waals surface area contributed by atoms with Crippen molar-refractivity contribution in [2.45, 2.75) is 13.0 Å². The van der Waals surface area contributed by atoms with Crippen LogP contribution in [0.25, 0.3) is 0 Å². The molecule has 0 aromatic heterocycles. The van der Waals surface area contributed by atoms with Gasteiger partial charge in [-0.25, -0.2) is 0 Å². The number of carbonyl (C=O) groups excluding carboxylic acids is 1. The van der Waals surface area contributed by atoms with Crippen LogP contribution in [0, 0.1) is 0 Å². The number of carbonyl (C=O) groups is 1. The molecule has 0 fully saturated rings. The first-order chi connectivity index (χ1) is 8.32. The van der Waals surface area contributed by atoms with Gasteiger partial charge in [-0.3, -0.25) is 4.79 Å². The lowest BCUT2D eigenvalue weighted by Crippen LogP contribution is -2.34. The van der Waals surface area contributed by atoms with Crippen LogP contribution < -0.4 is 4.90 Å². The Morgan fingerprint density at radius 1 is 1.39 bits per heavy atom. The van der Waals surface area contributed by atoms with E-state index in [1.165, 1.54) is 0 Å². The number of hydrogen-bond donors (Lipinski definition) is 1. The number of hydrogen-bond acceptors (Lipinski definition) is 3. The Morgan fingerprint density at radius 3 is 2.44 bits per heavy atom. The topological polar surface area (TPSA) is 43.8 Å². The summed E-state index contributed by atoms with van der Waals surface area (Å²) in [4.78, 5) is 15.1. The molecule has 100 valence electrons. The minimum Gasteiger partial charge on any atom is -0.389 e. The first-order valence-corrected chi connectivity index (χ1v) is 6.51. The van der Waals surface area contributed by atoms with E-state index in [9.17, 15) is 9.90 Å². The third-order valence-corrected chi connectivity index (χ3v) is 3.37. The molecule has 0 unspecified atom stereocenters. The van der Waals surface area contributed by atoms with Gasteiger partial charge in [0.1, 0.15) is 0 Å². The highest BCUT2D eigenvalue weighted by atomic mass is 79.9. The fourth-order valence-corrected chi connectivity index (χ4v) is 2.22. The lowest BCUT2D eigenvalue weighted by Gasteiger charge is -2.22. The molecule has 18 heavy (non-hydrogen) atoms. The number of nitrogens with zero attached hydrogens (tertiary/aromatic N) is 2. The van der Waals surface area contributed by atoms with Crippen LogP contribution in [0.1, 0.15) is 18.6 Å². The standard InChI is InChI=1S/C13H19BrN2O2/c1-9(17)10-5-6-12(11(14)7-10)16(4)8-13(18)15(2)3/h5-7,9,17H,8H2,1-4H3/t9-/m0/s1. The lowest BCUT2D eigenvalue weighted by molar-refractivity contribution is -0.127. The molecule has 0 aliphatic carbocycles. The molecule has 0 bridgehead atoms. The molecule has 0 heterocycles. The minimum absolute atomic E-state index is 0.0454. The summed E-state index contributed by atoms with van der Waals surface area (Å²) in [5.74, 6) is 0.0454. The highest BCUT2D eigenvalue weighted by molar-refractivity contribution is 9.10. The highest BCUT2D eigenvalue weighted by Gasteiger charge is 2.12. The Balaban J connectivity index is 2.87. The third-order valence-electron chi connectivity index (χ3n) is 2.74. The summed E-state index contributed by atoms with van der Waals surface area (Å²) in [6.45, 7) is 2.04. The minimum atomic E-state index is -0.496. The van der Waals surface area contributed by atoms with Crippen LogP contribution in [0.3, 0.4) is 0 Å². The van der Waals surface area contributed by atoms with Gasteiger partial charge >= 0.3 is 0 Å². The fourth-order valence-electron chi connectivity index (χ4n) is 1.52. The lowest BCUT2D eigenvalue weighted by atomic mass is 10.1. The van der Waals surface area contributed by atoms with Crippen LogP contribution in [-0.2, 0) is 4.79 Å². The van der Waals surface area contributed by atoms with E-state index in [1.54, 1.807) is 25.9 Å². The SMILES string of the molecule is C[C@H](O)c1ccc(N(C)CC(=O)N(C)C)c(Br)c1. The molecule has 0 saturated carbocycles. The third kappa shape index (κ3) is 3.71. The molecular formula is C13H19BrN2O2. The molecule has 1 rings (SSSR count). The number of rotatable bonds is 4. The van der Waals surface area contributed by atoms with Gasteiger partial charge in [0.05, 0.1) is 18.3 Å². The molecule has 1 aromatic carbocycles. The van der Waals surface area contributed by atoms with Gasteiger partial charge in [-0.05, 0) is 40.5 Å². The monoisotopic (exact) mass is 314 g/mol. The Kier molecular flexibility index (Phi) is 5.16. The molecule has 0 saturated heterocycles. The zero-order chi connectivity index (χ0) is 13.9. The summed E-state index contributed by atoms with van der Waals surface area (Å²) in [6.07, 6.45) is -0.496. The molecular weight excluding hydrogens is 296 g/mol. The Morgan fingerprint density at radius 2 is 2.00 bits per heavy atom. The van der Waals surface area contributed by atoms with E-state index >= 15 is 0 Å². The Labute approximate surface area is 116 Å². The average molecular weight is 315 g/mol. The number of aliphatic hydroxyl groups is 1. The van der Waals surface area contributed by atoms with Gasteiger partial charge in [-0.1, -0.05) is 6.07 Å². The first-order valence-electron chi connectivity index (χ1n) is 5.71. The number of anilines is 1. The number of benzene rings is 1. The smallest absolute Gasteiger partial charge is 0.241 e. The molecule has 0 aliphatic rings. The van der Waals surface area contributed by atoms with Crippen LogP contribution in [0.15, 0.2) is 22.7 Å². The molecule has 1 aromatic rings. The molecule has 0 spiro atoms. The summed E-state index contributed by atoms with van der Waals surface area (Å²) in [7, 11) is 5.34. The largest absolute Gasteiger partial charge is 0.389 e. The van der Waals surface area contributed by atoms with Gasteiger partial charge in [0.25, 0.3) is 0 Å². The Bertz CT molecular complexity index is 433. The van der Waals surface area contributed by atoms with E-state index in [-0.39, 0.29) is 5.91 Å². The summed E-state index contributed by atoms with van der Waals surface area (Å²) in [6, 6.07) is 5.63. The van der Waals surface area contributed by atoms with Crippen LogP contribution >= 0.6 is 15.9 Å². The summed E-state index contributed by atoms with van der Waals surface area (Å²) in [5.41, 5.74) is 1.77. The maximum absolute atomic E-state index is 11.6. The molecule has 0 radical (unpaired) electrons. The zero-order valence-electron chi connectivity index (χ0n) is 11.1. The summed E-state index contributed by atoms with van der Waals surface area (Å²) < 4.78 is 0.870. The second-order valence-corrected chi connectivity index (χ2v) is 5.39. The average Bonchev–Trinajstić information content (AvgIpc) is 2.28. The van der Waals surface area contributed by atoms with Crippen molar-refractivity contribution in [3.63, 3.8) is 0 Å². The van der Waals surface area contributed by atoms with Crippen molar-refractivity contribution in [2.24, 2.45) is 0 Å². The normalized spacial score (nSPS) is 12.1. The summed E-state index contributed by atoms with van der Waals surface area (Å²) in [5, 5.41) is 9.50. The van der Waals surface area contributed by atoms with Crippen molar-refractivity contribution in [1.82, 2.24) is 4.90 Å². The molecule has 1 N–H and O–H groups in total. The van der Waals surface area contributed by atoms with Crippen LogP contribution in [0.5, 0.6) is 0 Å². The molecule has 1 atom stereocenters. The number of aliphatic hydroxyl groups excluding tert-OH is 1. The number of halogens is 1. The van der Waals surface area contributed by atoms with Crippen LogP contribution in [0.2, 0.25) is 0 Å². The van der Waals surface area contributed by atoms with Crippen molar-refractivity contribution in [2.75, 3.05) is 32.6 Å². The van der Waals surface area contributed by atoms with E-state index in [0.29, 0.717) is 6.54 Å². The van der Waals surface area contributed by atoms with Crippen molar-refractivity contribution in [3.8, 4) is 0 Å². The van der Waals surface area contributed by atoms with Crippen molar-refractivity contribution < 1.29 is 9.90 Å². The maximum Gasteiger partial charge on any atom is 0.241 e. The Hall–Kier alpha value is -1.07. The quantitative estimate of drug-likeness (QED) is 0.924. The van der Waals surface area contributed by atoms with Crippen LogP contribution in [0.4, 0.5) is 5.69 Å². The highest BCUT2D eigenvalue weighted by Crippen LogP contribution is 2.28. The zero-order valence-corrected chi connectivity index (χ0v) is 12.7. The van der Waals surface area contributed by atoms with E-state index in [0.717, 1.165) is 15.7 Å². The molecule has 5 heteroatoms. The van der Waals surface area contributed by atoms with Crippen molar-refractivity contribution in [3.05, 3.63) is 28.2 Å². The van der Waals surface area contributed by atoms with E-state index < -0.39 is 6.10 Å². The number of amides is 1. The van der Waals surface area contributed by atoms with Gasteiger partial charge in [0.15, 0.2) is 0 Å². The second-order valence-electron chi connectivity index (χ2n) is 4.53. The molecule has 4 nitrogen and oxygen atoms in total. The van der Waals surface area contributed by atoms with Gasteiger partial charge in [-0.15, -0.1) is 0 Å². The van der Waals surface area contributed by atoms with Gasteiger partial charge in [0.2, 0.25) is 5.91 Å². The summed E-state index contributed by atoms with van der Waals surface area (Å²) >= 11 is 3.47. The molecule has 1 amide bonds. The van der Waals surface area contributed by atoms with Gasteiger partial charge in [-0.2, -0.15) is 0 Å². The maximum atomic E-state index is 11.6. The predicted octanol–water partition coefficient (Wildman–Crippen LogP) is 2.03. The first kappa shape index (κ1) is 15.0. The van der Waals surface area contributed by atoms with E-state index in [4.69, 9.17) is 0 Å². The van der Waals surface area contributed by atoms with E-state index in [1.807, 2.05) is 30.1 Å². The van der Waals surface area contributed by atoms with Crippen molar-refractivity contribution in [1.29, 1.82) is 0 Å². The number of likely N-dealkylation sites (N-methyl/N-ethyl adjacent to an activating group) is 2. The second kappa shape index (κ2) is 6.20. The van der Waals surface area contributed by atoms with E-state index in [2.05, 4.69) is 15.9 Å². The van der Waals surface area contributed by atoms with Gasteiger partial charge < -0.3 is 14.9 Å².